The topological polar surface area (TPSA) is 110 Å². The maximum Gasteiger partial charge on any atom is 0.238 e. The summed E-state index contributed by atoms with van der Waals surface area (Å²) in [5, 5.41) is 11.9. The van der Waals surface area contributed by atoms with Crippen LogP contribution in [0.25, 0.3) is 5.57 Å². The van der Waals surface area contributed by atoms with Gasteiger partial charge >= 0.3 is 0 Å². The number of nitrogens with zero attached hydrogens (tertiary/aromatic N) is 1. The van der Waals surface area contributed by atoms with E-state index in [-0.39, 0.29) is 47.7 Å². The number of amides is 2. The summed E-state index contributed by atoms with van der Waals surface area (Å²) in [4.78, 5) is 60.2. The highest BCUT2D eigenvalue weighted by Crippen LogP contribution is 2.65. The zero-order chi connectivity index (χ0) is 35.6. The molecule has 1 saturated carbocycles. The molecular weight excluding hydrogens is 710 g/mol. The molecule has 0 spiro atoms. The number of phenolic OH excluding ortho intramolecular Hbond substituents is 1. The zero-order valence-corrected chi connectivity index (χ0v) is 29.5. The van der Waals surface area contributed by atoms with Crippen LogP contribution < -0.4 is 14.4 Å². The average molecular weight is 745 g/mol. The van der Waals surface area contributed by atoms with Crippen molar-refractivity contribution in [2.75, 3.05) is 19.1 Å². The van der Waals surface area contributed by atoms with Gasteiger partial charge in [-0.2, -0.15) is 0 Å². The maximum absolute atomic E-state index is 15.2. The van der Waals surface area contributed by atoms with E-state index in [2.05, 4.69) is 15.9 Å². The molecule has 4 aliphatic rings. The normalized spacial score (nSPS) is 26.9. The number of halogens is 1. The van der Waals surface area contributed by atoms with E-state index in [1.807, 2.05) is 66.7 Å². The van der Waals surface area contributed by atoms with Gasteiger partial charge in [0.25, 0.3) is 0 Å². The quantitative estimate of drug-likeness (QED) is 0.164. The molecule has 1 saturated heterocycles. The molecule has 1 aliphatic heterocycles. The van der Waals surface area contributed by atoms with E-state index in [4.69, 9.17) is 9.47 Å². The lowest BCUT2D eigenvalue weighted by Gasteiger charge is -2.55. The van der Waals surface area contributed by atoms with Gasteiger partial charge in [-0.25, -0.2) is 0 Å². The number of phenols is 1. The Balaban J connectivity index is 1.40. The van der Waals surface area contributed by atoms with Gasteiger partial charge in [-0.3, -0.25) is 24.1 Å². The number of hydrogen-bond donors (Lipinski definition) is 1. The molecular formula is C42H34BrNO7. The summed E-state index contributed by atoms with van der Waals surface area (Å²) in [6.45, 7) is 0. The van der Waals surface area contributed by atoms with Crippen molar-refractivity contribution < 1.29 is 33.8 Å². The van der Waals surface area contributed by atoms with E-state index >= 15 is 9.59 Å². The highest BCUT2D eigenvalue weighted by atomic mass is 79.9. The standard InChI is InChI=1S/C42H34BrNO7/c1-50-27-19-33(45)37(34(20-27)51-2)38-28-17-18-29-36(41(49)44(40(29)48)26-15-13-25(43)14-16-26)31(28)21-32-39(47)30(23-9-5-3-6-10-23)22-35(46)42(32,38)24-11-7-4-8-12-24/h3-17,19-20,22,29,31-32,36,38,45H,18,21H2,1-2H3/t29-,31+,32-,36-,38+,42-/m0/s1. The Morgan fingerprint density at radius 1 is 0.824 bits per heavy atom. The van der Waals surface area contributed by atoms with E-state index in [9.17, 15) is 14.7 Å². The van der Waals surface area contributed by atoms with Crippen LogP contribution in [0.2, 0.25) is 0 Å². The predicted octanol–water partition coefficient (Wildman–Crippen LogP) is 7.20. The molecule has 4 aromatic rings. The molecule has 3 aliphatic carbocycles. The molecule has 8 nitrogen and oxygen atoms in total. The van der Waals surface area contributed by atoms with Gasteiger partial charge in [-0.1, -0.05) is 88.2 Å². The van der Waals surface area contributed by atoms with Gasteiger partial charge in [-0.05, 0) is 60.2 Å². The molecule has 0 radical (unpaired) electrons. The highest BCUT2D eigenvalue weighted by molar-refractivity contribution is 9.10. The first-order valence-electron chi connectivity index (χ1n) is 16.9. The molecule has 6 atom stereocenters. The predicted molar refractivity (Wildman–Crippen MR) is 194 cm³/mol. The fourth-order valence-electron chi connectivity index (χ4n) is 9.20. The molecule has 1 N–H and O–H groups in total. The van der Waals surface area contributed by atoms with E-state index in [1.165, 1.54) is 31.3 Å². The van der Waals surface area contributed by atoms with Crippen molar-refractivity contribution in [1.29, 1.82) is 0 Å². The summed E-state index contributed by atoms with van der Waals surface area (Å²) in [6, 6.07) is 28.5. The molecule has 8 rings (SSSR count). The summed E-state index contributed by atoms with van der Waals surface area (Å²) in [6.07, 6.45) is 3.82. The monoisotopic (exact) mass is 743 g/mol. The van der Waals surface area contributed by atoms with Crippen LogP contribution in [0, 0.1) is 23.7 Å². The van der Waals surface area contributed by atoms with Crippen molar-refractivity contribution in [2.24, 2.45) is 23.7 Å². The summed E-state index contributed by atoms with van der Waals surface area (Å²) in [5.74, 6) is -4.59. The first kappa shape index (κ1) is 32.9. The summed E-state index contributed by atoms with van der Waals surface area (Å²) < 4.78 is 12.2. The van der Waals surface area contributed by atoms with E-state index < -0.39 is 35.0 Å². The third-order valence-corrected chi connectivity index (χ3v) is 11.8. The second-order valence-electron chi connectivity index (χ2n) is 13.5. The molecule has 0 bridgehead atoms. The average Bonchev–Trinajstić information content (AvgIpc) is 3.41. The maximum atomic E-state index is 15.2. The minimum absolute atomic E-state index is 0.152. The lowest BCUT2D eigenvalue weighted by molar-refractivity contribution is -0.135. The summed E-state index contributed by atoms with van der Waals surface area (Å²) in [5.41, 5.74) is 1.55. The number of allylic oxidation sites excluding steroid dienone is 4. The van der Waals surface area contributed by atoms with Crippen molar-refractivity contribution in [1.82, 2.24) is 0 Å². The fraction of sp³-hybridized carbons (Fsp3) is 0.238. The number of hydrogen-bond acceptors (Lipinski definition) is 7. The minimum Gasteiger partial charge on any atom is -0.507 e. The van der Waals surface area contributed by atoms with Crippen molar-refractivity contribution in [3.8, 4) is 17.2 Å². The van der Waals surface area contributed by atoms with Gasteiger partial charge in [-0.15, -0.1) is 0 Å². The van der Waals surface area contributed by atoms with Crippen molar-refractivity contribution >= 4 is 50.6 Å². The smallest absolute Gasteiger partial charge is 0.238 e. The van der Waals surface area contributed by atoms with Gasteiger partial charge in [0.15, 0.2) is 11.6 Å². The Labute approximate surface area is 303 Å². The molecule has 9 heteroatoms. The first-order chi connectivity index (χ1) is 24.7. The van der Waals surface area contributed by atoms with Crippen molar-refractivity contribution in [3.05, 3.63) is 136 Å². The lowest BCUT2D eigenvalue weighted by atomic mass is 9.44. The fourth-order valence-corrected chi connectivity index (χ4v) is 9.46. The lowest BCUT2D eigenvalue weighted by Crippen LogP contribution is -2.58. The number of anilines is 1. The molecule has 4 aromatic carbocycles. The molecule has 2 amide bonds. The Morgan fingerprint density at radius 3 is 2.18 bits per heavy atom. The number of aromatic hydroxyl groups is 1. The molecule has 51 heavy (non-hydrogen) atoms. The van der Waals surface area contributed by atoms with Crippen molar-refractivity contribution in [2.45, 2.75) is 24.2 Å². The Hall–Kier alpha value is -5.28. The van der Waals surface area contributed by atoms with Gasteiger partial charge in [0.2, 0.25) is 11.8 Å². The number of rotatable bonds is 6. The van der Waals surface area contributed by atoms with E-state index in [0.717, 1.165) is 10.0 Å². The number of methoxy groups -OCH3 is 2. The summed E-state index contributed by atoms with van der Waals surface area (Å²) in [7, 11) is 2.96. The Bertz CT molecular complexity index is 2160. The highest BCUT2D eigenvalue weighted by Gasteiger charge is 2.66. The van der Waals surface area contributed by atoms with Crippen LogP contribution in [0.15, 0.2) is 119 Å². The van der Waals surface area contributed by atoms with Gasteiger partial charge in [0.05, 0.1) is 37.2 Å². The third kappa shape index (κ3) is 4.85. The second-order valence-corrected chi connectivity index (χ2v) is 14.5. The van der Waals surface area contributed by atoms with Gasteiger partial charge in [0, 0.05) is 39.6 Å². The number of Topliss-reactive ketones (excluding diaryl/α,β-unsaturated/α-hetero) is 1. The van der Waals surface area contributed by atoms with Crippen LogP contribution in [0.5, 0.6) is 17.2 Å². The second kappa shape index (κ2) is 12.5. The van der Waals surface area contributed by atoms with Crippen LogP contribution in [0.3, 0.4) is 0 Å². The number of ketones is 2. The number of imide groups is 1. The minimum atomic E-state index is -1.51. The van der Waals surface area contributed by atoms with Crippen LogP contribution in [0.4, 0.5) is 5.69 Å². The number of carbonyl (C=O) groups excluding carboxylic acids is 4. The molecule has 1 heterocycles. The largest absolute Gasteiger partial charge is 0.507 e. The Morgan fingerprint density at radius 2 is 1.51 bits per heavy atom. The summed E-state index contributed by atoms with van der Waals surface area (Å²) >= 11 is 3.44. The SMILES string of the molecule is COc1cc(O)c([C@H]2C3=CC[C@@H]4C(=O)N(c5ccc(Br)cc5)C(=O)[C@@H]4[C@@H]3C[C@H]3C(=O)C(c4ccccc4)=CC(=O)[C@@]23c2ccccc2)c(OC)c1. The first-order valence-corrected chi connectivity index (χ1v) is 17.7. The van der Waals surface area contributed by atoms with Crippen LogP contribution in [0.1, 0.15) is 35.4 Å². The molecule has 0 unspecified atom stereocenters. The molecule has 0 aromatic heterocycles. The number of carbonyl (C=O) groups is 4. The van der Waals surface area contributed by atoms with Crippen LogP contribution >= 0.6 is 15.9 Å². The number of benzene rings is 4. The van der Waals surface area contributed by atoms with Crippen LogP contribution in [-0.2, 0) is 24.6 Å². The van der Waals surface area contributed by atoms with Gasteiger partial charge < -0.3 is 14.6 Å². The number of fused-ring (bicyclic) bond motifs is 4. The van der Waals surface area contributed by atoms with E-state index in [1.54, 1.807) is 30.3 Å². The third-order valence-electron chi connectivity index (χ3n) is 11.3. The van der Waals surface area contributed by atoms with Gasteiger partial charge in [0.1, 0.15) is 17.2 Å². The van der Waals surface area contributed by atoms with Crippen molar-refractivity contribution in [3.63, 3.8) is 0 Å². The Kier molecular flexibility index (Phi) is 8.06. The number of ether oxygens (including phenoxy) is 2. The zero-order valence-electron chi connectivity index (χ0n) is 27.9. The molecule has 256 valence electrons. The van der Waals surface area contributed by atoms with Crippen LogP contribution in [-0.4, -0.2) is 42.7 Å². The molecule has 2 fully saturated rings. The van der Waals surface area contributed by atoms with E-state index in [0.29, 0.717) is 33.7 Å².